The van der Waals surface area contributed by atoms with Crippen molar-refractivity contribution < 1.29 is 33.4 Å². The third kappa shape index (κ3) is 7.89. The Morgan fingerprint density at radius 1 is 1.00 bits per heavy atom. The molecule has 6 rings (SSSR count). The van der Waals surface area contributed by atoms with Crippen molar-refractivity contribution in [2.75, 3.05) is 33.9 Å². The fraction of sp³-hybridized carbons (Fsp3) is 0.405. The molecule has 0 radical (unpaired) electrons. The molecule has 14 nitrogen and oxygen atoms in total. The molecule has 4 amide bonds. The predicted molar refractivity (Wildman–Crippen MR) is 188 cm³/mol. The lowest BCUT2D eigenvalue weighted by molar-refractivity contribution is -0.139. The molecule has 0 spiro atoms. The van der Waals surface area contributed by atoms with E-state index in [9.17, 15) is 24.0 Å². The van der Waals surface area contributed by atoms with Gasteiger partial charge in [-0.1, -0.05) is 12.1 Å². The number of likely N-dealkylation sites (tertiary alicyclic amines) is 1. The first-order valence-electron chi connectivity index (χ1n) is 17.1. The van der Waals surface area contributed by atoms with Crippen LogP contribution in [0, 0.1) is 0 Å². The number of fused-ring (bicyclic) bond motifs is 1. The molecule has 268 valence electrons. The van der Waals surface area contributed by atoms with Crippen molar-refractivity contribution in [3.05, 3.63) is 70.3 Å². The Balaban J connectivity index is 0.961. The Hall–Kier alpha value is -5.66. The Morgan fingerprint density at radius 3 is 2.37 bits per heavy atom. The van der Waals surface area contributed by atoms with Crippen LogP contribution in [0.4, 0.5) is 0 Å². The van der Waals surface area contributed by atoms with Crippen LogP contribution >= 0.6 is 0 Å². The van der Waals surface area contributed by atoms with Crippen molar-refractivity contribution in [2.24, 2.45) is 7.05 Å². The highest BCUT2D eigenvalue weighted by atomic mass is 16.5. The van der Waals surface area contributed by atoms with E-state index in [1.54, 1.807) is 38.6 Å². The number of aryl methyl sites for hydroxylation is 1. The van der Waals surface area contributed by atoms with Crippen LogP contribution in [0.2, 0.25) is 0 Å². The first kappa shape index (κ1) is 35.2. The third-order valence-corrected chi connectivity index (χ3v) is 9.64. The summed E-state index contributed by atoms with van der Waals surface area (Å²) in [6, 6.07) is 11.4. The number of piperidine rings is 2. The van der Waals surface area contributed by atoms with Crippen LogP contribution in [0.5, 0.6) is 17.2 Å². The van der Waals surface area contributed by atoms with Crippen molar-refractivity contribution in [2.45, 2.75) is 57.0 Å². The second kappa shape index (κ2) is 15.5. The van der Waals surface area contributed by atoms with Gasteiger partial charge in [0.25, 0.3) is 11.5 Å². The summed E-state index contributed by atoms with van der Waals surface area (Å²) in [5, 5.41) is 12.6. The van der Waals surface area contributed by atoms with Crippen LogP contribution in [0.25, 0.3) is 22.0 Å². The van der Waals surface area contributed by atoms with Crippen LogP contribution in [-0.2, 0) is 32.6 Å². The number of hydrogen-bond acceptors (Lipinski definition) is 9. The minimum absolute atomic E-state index is 0.0563. The molecule has 0 saturated carbocycles. The number of methoxy groups -OCH3 is 2. The average molecular weight is 699 g/mol. The van der Waals surface area contributed by atoms with Gasteiger partial charge in [0.2, 0.25) is 17.7 Å². The van der Waals surface area contributed by atoms with Crippen LogP contribution in [0.3, 0.4) is 0 Å². The van der Waals surface area contributed by atoms with Gasteiger partial charge >= 0.3 is 0 Å². The summed E-state index contributed by atoms with van der Waals surface area (Å²) >= 11 is 0. The van der Waals surface area contributed by atoms with Gasteiger partial charge < -0.3 is 29.0 Å². The van der Waals surface area contributed by atoms with E-state index in [2.05, 4.69) is 20.8 Å². The van der Waals surface area contributed by atoms with E-state index >= 15 is 0 Å². The highest BCUT2D eigenvalue weighted by Crippen LogP contribution is 2.38. The van der Waals surface area contributed by atoms with E-state index in [-0.39, 0.29) is 48.6 Å². The molecule has 2 aromatic heterocycles. The van der Waals surface area contributed by atoms with Gasteiger partial charge in [0, 0.05) is 62.1 Å². The second-order valence-electron chi connectivity index (χ2n) is 12.9. The van der Waals surface area contributed by atoms with Crippen LogP contribution in [0.1, 0.15) is 55.6 Å². The largest absolute Gasteiger partial charge is 0.496 e. The number of benzene rings is 2. The minimum Gasteiger partial charge on any atom is -0.496 e. The maximum atomic E-state index is 12.9. The summed E-state index contributed by atoms with van der Waals surface area (Å²) in [6.45, 7) is 1.13. The van der Waals surface area contributed by atoms with E-state index in [4.69, 9.17) is 14.2 Å². The molecule has 4 aromatic rings. The van der Waals surface area contributed by atoms with Gasteiger partial charge in [-0.3, -0.25) is 34.4 Å². The highest BCUT2D eigenvalue weighted by Gasteiger charge is 2.29. The topological polar surface area (TPSA) is 174 Å². The van der Waals surface area contributed by atoms with E-state index in [1.165, 1.54) is 4.57 Å². The van der Waals surface area contributed by atoms with Crippen molar-refractivity contribution >= 4 is 34.5 Å². The monoisotopic (exact) mass is 698 g/mol. The average Bonchev–Trinajstić information content (AvgIpc) is 3.64. The number of carbonyl (C=O) groups excluding carboxylic acids is 4. The number of rotatable bonds is 12. The van der Waals surface area contributed by atoms with Gasteiger partial charge in [0.05, 0.1) is 27.0 Å². The molecule has 2 saturated heterocycles. The van der Waals surface area contributed by atoms with Crippen molar-refractivity contribution in [3.8, 4) is 28.4 Å². The number of nitrogens with one attached hydrogen (secondary N) is 3. The summed E-state index contributed by atoms with van der Waals surface area (Å²) in [5.41, 5.74) is 3.78. The number of aromatic nitrogens is 3. The van der Waals surface area contributed by atoms with Gasteiger partial charge in [-0.15, -0.1) is 0 Å². The molecular weight excluding hydrogens is 656 g/mol. The number of aromatic amines is 1. The molecule has 3 N–H and O–H groups in total. The van der Waals surface area contributed by atoms with Crippen LogP contribution in [0.15, 0.2) is 53.6 Å². The number of hydrogen-bond donors (Lipinski definition) is 3. The number of nitrogens with zero attached hydrogens (tertiary/aromatic N) is 3. The maximum Gasteiger partial charge on any atom is 0.276 e. The molecule has 1 atom stereocenters. The van der Waals surface area contributed by atoms with Gasteiger partial charge in [-0.05, 0) is 67.0 Å². The molecule has 1 unspecified atom stereocenters. The third-order valence-electron chi connectivity index (χ3n) is 9.64. The Bertz CT molecular complexity index is 1970. The Morgan fingerprint density at radius 2 is 1.71 bits per heavy atom. The van der Waals surface area contributed by atoms with Crippen LogP contribution in [-0.4, -0.2) is 83.3 Å². The highest BCUT2D eigenvalue weighted by molar-refractivity contribution is 6.00. The lowest BCUT2D eigenvalue weighted by atomic mass is 9.89. The molecule has 2 fully saturated rings. The summed E-state index contributed by atoms with van der Waals surface area (Å²) in [7, 11) is 4.84. The van der Waals surface area contributed by atoms with Crippen molar-refractivity contribution in [1.82, 2.24) is 30.3 Å². The molecule has 2 aliphatic rings. The van der Waals surface area contributed by atoms with Crippen molar-refractivity contribution in [3.63, 3.8) is 0 Å². The Labute approximate surface area is 294 Å². The quantitative estimate of drug-likeness (QED) is 0.188. The van der Waals surface area contributed by atoms with Gasteiger partial charge in [0.15, 0.2) is 6.10 Å². The molecule has 14 heteroatoms. The number of pyridine rings is 1. The lowest BCUT2D eigenvalue weighted by Gasteiger charge is -2.32. The lowest BCUT2D eigenvalue weighted by Crippen LogP contribution is -2.46. The fourth-order valence-corrected chi connectivity index (χ4v) is 6.80. The summed E-state index contributed by atoms with van der Waals surface area (Å²) < 4.78 is 18.7. The predicted octanol–water partition coefficient (Wildman–Crippen LogP) is 2.97. The SMILES string of the molecule is COc1cc(-c2cn(C)c(=O)c3[nH]ncc23)cc(OC)c1CCCC(=O)NCC(=O)N1CCC(c2ccc(OC3CCC(=O)NC3=O)cc2)CC1. The summed E-state index contributed by atoms with van der Waals surface area (Å²) in [4.78, 5) is 63.3. The zero-order chi connectivity index (χ0) is 36.1. The number of amides is 4. The number of H-pyrrole nitrogens is 1. The minimum atomic E-state index is -0.677. The zero-order valence-corrected chi connectivity index (χ0v) is 29.0. The molecular formula is C37H42N6O8. The van der Waals surface area contributed by atoms with Crippen LogP contribution < -0.4 is 30.4 Å². The van der Waals surface area contributed by atoms with E-state index in [0.29, 0.717) is 60.5 Å². The molecule has 2 aliphatic heterocycles. The first-order chi connectivity index (χ1) is 24.6. The maximum absolute atomic E-state index is 12.9. The number of ether oxygens (including phenoxy) is 3. The smallest absolute Gasteiger partial charge is 0.276 e. The molecule has 2 aromatic carbocycles. The number of carbonyl (C=O) groups is 4. The Kier molecular flexibility index (Phi) is 10.7. The number of imide groups is 1. The van der Waals surface area contributed by atoms with Gasteiger partial charge in [-0.2, -0.15) is 5.10 Å². The summed E-state index contributed by atoms with van der Waals surface area (Å²) in [5.74, 6) is 1.04. The van der Waals surface area contributed by atoms with Gasteiger partial charge in [0.1, 0.15) is 22.8 Å². The normalized spacial score (nSPS) is 16.5. The standard InChI is InChI=1S/C37H42N6O8/c1-42-21-28(27-19-39-41-35(27)37(42)48)24-17-30(49-2)26(31(18-24)50-3)5-4-6-32(44)38-20-34(46)43-15-13-23(14-16-43)22-7-9-25(10-8-22)51-29-11-12-33(45)40-36(29)47/h7-10,17-19,21,23,29H,4-6,11-16,20H2,1-3H3,(H,38,44)(H,39,41)(H,40,45,47). The van der Waals surface area contributed by atoms with E-state index in [1.807, 2.05) is 36.4 Å². The summed E-state index contributed by atoms with van der Waals surface area (Å²) in [6.07, 6.45) is 6.16. The molecule has 0 bridgehead atoms. The van der Waals surface area contributed by atoms with E-state index in [0.717, 1.165) is 35.1 Å². The van der Waals surface area contributed by atoms with Crippen molar-refractivity contribution in [1.29, 1.82) is 0 Å². The fourth-order valence-electron chi connectivity index (χ4n) is 6.80. The van der Waals surface area contributed by atoms with Gasteiger partial charge in [-0.25, -0.2) is 0 Å². The molecule has 0 aliphatic carbocycles. The first-order valence-corrected chi connectivity index (χ1v) is 17.1. The molecule has 51 heavy (non-hydrogen) atoms. The second-order valence-corrected chi connectivity index (χ2v) is 12.9. The molecule has 4 heterocycles. The zero-order valence-electron chi connectivity index (χ0n) is 29.0. The van der Waals surface area contributed by atoms with E-state index < -0.39 is 12.0 Å².